The first-order valence-corrected chi connectivity index (χ1v) is 13.0. The van der Waals surface area contributed by atoms with Gasteiger partial charge in [0, 0.05) is 54.7 Å². The molecule has 6 nitrogen and oxygen atoms in total. The molecule has 1 aliphatic heterocycles. The molecule has 1 aliphatic rings. The van der Waals surface area contributed by atoms with Crippen molar-refractivity contribution in [1.82, 2.24) is 14.9 Å². The summed E-state index contributed by atoms with van der Waals surface area (Å²) in [7, 11) is 2.16. The van der Waals surface area contributed by atoms with E-state index in [-0.39, 0.29) is 5.91 Å². The highest BCUT2D eigenvalue weighted by Gasteiger charge is 2.21. The van der Waals surface area contributed by atoms with Crippen molar-refractivity contribution in [2.45, 2.75) is 6.92 Å². The maximum Gasteiger partial charge on any atom is 0.247 e. The van der Waals surface area contributed by atoms with Crippen molar-refractivity contribution in [3.63, 3.8) is 0 Å². The van der Waals surface area contributed by atoms with E-state index < -0.39 is 0 Å². The van der Waals surface area contributed by atoms with Crippen molar-refractivity contribution < 1.29 is 4.79 Å². The van der Waals surface area contributed by atoms with E-state index in [2.05, 4.69) is 78.9 Å². The number of aromatic nitrogens is 2. The van der Waals surface area contributed by atoms with E-state index in [1.807, 2.05) is 25.1 Å². The summed E-state index contributed by atoms with van der Waals surface area (Å²) in [6, 6.07) is 14.6. The summed E-state index contributed by atoms with van der Waals surface area (Å²) < 4.78 is 0.723. The molecule has 5 rings (SSSR count). The molecule has 0 saturated carbocycles. The number of nitrogens with one attached hydrogen (secondary N) is 2. The molecule has 0 radical (unpaired) electrons. The Balaban J connectivity index is 1.63. The fourth-order valence-electron chi connectivity index (χ4n) is 4.60. The molecule has 1 saturated heterocycles. The van der Waals surface area contributed by atoms with Crippen molar-refractivity contribution in [1.29, 1.82) is 0 Å². The molecule has 3 heterocycles. The monoisotopic (exact) mass is 563 g/mol. The number of hydrogen-bond acceptors (Lipinski definition) is 4. The topological polar surface area (TPSA) is 64.3 Å². The minimum absolute atomic E-state index is 0.253. The zero-order chi connectivity index (χ0) is 25.4. The molecule has 0 spiro atoms. The summed E-state index contributed by atoms with van der Waals surface area (Å²) in [6.07, 6.45) is 2.97. The highest BCUT2D eigenvalue weighted by Crippen LogP contribution is 2.44. The molecule has 8 heteroatoms. The fraction of sp³-hybridized carbons (Fsp3) is 0.214. The van der Waals surface area contributed by atoms with Gasteiger partial charge in [0.15, 0.2) is 0 Å². The molecule has 2 aromatic carbocycles. The van der Waals surface area contributed by atoms with Gasteiger partial charge in [0.2, 0.25) is 5.91 Å². The van der Waals surface area contributed by atoms with Gasteiger partial charge in [-0.15, -0.1) is 0 Å². The van der Waals surface area contributed by atoms with Crippen LogP contribution in [0.3, 0.4) is 0 Å². The second-order valence-electron chi connectivity index (χ2n) is 9.08. The van der Waals surface area contributed by atoms with Crippen LogP contribution in [0.5, 0.6) is 0 Å². The number of nitrogens with zero attached hydrogens (tertiary/aromatic N) is 3. The van der Waals surface area contributed by atoms with Gasteiger partial charge in [-0.3, -0.25) is 4.79 Å². The van der Waals surface area contributed by atoms with Crippen LogP contribution in [0.4, 0.5) is 11.4 Å². The van der Waals surface area contributed by atoms with Crippen molar-refractivity contribution in [2.24, 2.45) is 0 Å². The van der Waals surface area contributed by atoms with Crippen LogP contribution in [0.1, 0.15) is 5.56 Å². The molecule has 4 aromatic rings. The number of hydrogen-bond donors (Lipinski definition) is 2. The number of benzene rings is 2. The average molecular weight is 565 g/mol. The summed E-state index contributed by atoms with van der Waals surface area (Å²) >= 11 is 10.3. The van der Waals surface area contributed by atoms with Gasteiger partial charge in [-0.05, 0) is 70.9 Å². The van der Waals surface area contributed by atoms with Gasteiger partial charge in [-0.2, -0.15) is 0 Å². The Morgan fingerprint density at radius 3 is 2.53 bits per heavy atom. The van der Waals surface area contributed by atoms with E-state index in [1.54, 1.807) is 6.20 Å². The van der Waals surface area contributed by atoms with Crippen LogP contribution >= 0.6 is 27.5 Å². The number of likely N-dealkylation sites (N-methyl/N-ethyl adjacent to an activating group) is 1. The predicted molar refractivity (Wildman–Crippen MR) is 153 cm³/mol. The first kappa shape index (κ1) is 24.6. The number of aryl methyl sites for hydroxylation is 1. The van der Waals surface area contributed by atoms with E-state index in [4.69, 9.17) is 11.6 Å². The van der Waals surface area contributed by atoms with Crippen molar-refractivity contribution in [3.8, 4) is 22.4 Å². The normalized spacial score (nSPS) is 14.3. The van der Waals surface area contributed by atoms with Crippen LogP contribution in [0, 0.1) is 6.92 Å². The Labute approximate surface area is 224 Å². The Morgan fingerprint density at radius 1 is 1.14 bits per heavy atom. The zero-order valence-electron chi connectivity index (χ0n) is 20.2. The van der Waals surface area contributed by atoms with Gasteiger partial charge >= 0.3 is 0 Å². The second-order valence-corrected chi connectivity index (χ2v) is 10.3. The summed E-state index contributed by atoms with van der Waals surface area (Å²) in [6.45, 7) is 9.68. The lowest BCUT2D eigenvalue weighted by Gasteiger charge is -2.34. The van der Waals surface area contributed by atoms with E-state index in [1.165, 1.54) is 11.8 Å². The maximum absolute atomic E-state index is 12.0. The molecule has 2 N–H and O–H groups in total. The number of halogens is 2. The van der Waals surface area contributed by atoms with Crippen LogP contribution in [0.2, 0.25) is 5.02 Å². The summed E-state index contributed by atoms with van der Waals surface area (Å²) in [5.74, 6) is -0.253. The predicted octanol–water partition coefficient (Wildman–Crippen LogP) is 6.50. The highest BCUT2D eigenvalue weighted by molar-refractivity contribution is 9.10. The molecular formula is C28H27BrClN5O. The lowest BCUT2D eigenvalue weighted by molar-refractivity contribution is -0.111. The van der Waals surface area contributed by atoms with Crippen molar-refractivity contribution in [2.75, 3.05) is 43.4 Å². The van der Waals surface area contributed by atoms with Crippen molar-refractivity contribution in [3.05, 3.63) is 76.4 Å². The number of amides is 1. The maximum atomic E-state index is 12.0. The van der Waals surface area contributed by atoms with Gasteiger partial charge in [0.25, 0.3) is 0 Å². The van der Waals surface area contributed by atoms with Gasteiger partial charge in [-0.1, -0.05) is 42.4 Å². The number of pyridine rings is 1. The van der Waals surface area contributed by atoms with E-state index in [0.29, 0.717) is 10.7 Å². The van der Waals surface area contributed by atoms with Gasteiger partial charge in [0.05, 0.1) is 15.2 Å². The molecule has 0 unspecified atom stereocenters. The largest absolute Gasteiger partial charge is 0.369 e. The first-order chi connectivity index (χ1) is 17.4. The van der Waals surface area contributed by atoms with Crippen LogP contribution in [0.15, 0.2) is 65.8 Å². The third-order valence-corrected chi connectivity index (χ3v) is 7.93. The number of carbonyl (C=O) groups excluding carboxylic acids is 1. The lowest BCUT2D eigenvalue weighted by atomic mass is 9.97. The Morgan fingerprint density at radius 2 is 1.83 bits per heavy atom. The van der Waals surface area contributed by atoms with Crippen LogP contribution < -0.4 is 10.2 Å². The minimum atomic E-state index is -0.253. The zero-order valence-corrected chi connectivity index (χ0v) is 22.6. The molecule has 2 aromatic heterocycles. The van der Waals surface area contributed by atoms with Crippen molar-refractivity contribution >= 4 is 55.8 Å². The number of anilines is 2. The number of piperazine rings is 1. The minimum Gasteiger partial charge on any atom is -0.369 e. The molecule has 0 atom stereocenters. The Hall–Kier alpha value is -3.13. The second kappa shape index (κ2) is 10.1. The molecular weight excluding hydrogens is 538 g/mol. The van der Waals surface area contributed by atoms with Crippen LogP contribution in [-0.2, 0) is 4.79 Å². The van der Waals surface area contributed by atoms with E-state index in [9.17, 15) is 4.79 Å². The lowest BCUT2D eigenvalue weighted by Crippen LogP contribution is -2.44. The highest BCUT2D eigenvalue weighted by atomic mass is 79.9. The molecule has 1 amide bonds. The van der Waals surface area contributed by atoms with Crippen LogP contribution in [0.25, 0.3) is 33.4 Å². The smallest absolute Gasteiger partial charge is 0.247 e. The molecule has 1 fully saturated rings. The number of H-pyrrole nitrogens is 1. The third-order valence-electron chi connectivity index (χ3n) is 6.71. The standard InChI is InChI=1S/C28H27BrClN5O/c1-4-23(36)32-22-15-19(6-5-17(22)2)24-25-26(30)21(29)16-31-28(25)33-27(24)18-7-9-20(10-8-18)35-13-11-34(3)12-14-35/h4-10,15-16H,1,11-14H2,2-3H3,(H,31,33)(H,32,36). The number of carbonyl (C=O) groups is 1. The summed E-state index contributed by atoms with van der Waals surface area (Å²) in [4.78, 5) is 24.9. The molecule has 36 heavy (non-hydrogen) atoms. The van der Waals surface area contributed by atoms with E-state index >= 15 is 0 Å². The van der Waals surface area contributed by atoms with Gasteiger partial charge < -0.3 is 20.1 Å². The Bertz CT molecular complexity index is 1460. The fourth-order valence-corrected chi connectivity index (χ4v) is 5.13. The molecule has 184 valence electrons. The summed E-state index contributed by atoms with van der Waals surface area (Å²) in [5, 5.41) is 4.32. The SMILES string of the molecule is C=CC(=O)Nc1cc(-c2c(-c3ccc(N4CCN(C)CC4)cc3)[nH]c3ncc(Br)c(Cl)c23)ccc1C. The number of aromatic amines is 1. The van der Waals surface area contributed by atoms with Gasteiger partial charge in [-0.25, -0.2) is 4.98 Å². The van der Waals surface area contributed by atoms with E-state index in [0.717, 1.165) is 69.7 Å². The number of rotatable bonds is 5. The number of fused-ring (bicyclic) bond motifs is 1. The third kappa shape index (κ3) is 4.66. The molecule has 0 aliphatic carbocycles. The summed E-state index contributed by atoms with van der Waals surface area (Å²) in [5.41, 5.74) is 7.41. The van der Waals surface area contributed by atoms with Gasteiger partial charge in [0.1, 0.15) is 5.65 Å². The first-order valence-electron chi connectivity index (χ1n) is 11.8. The average Bonchev–Trinajstić information content (AvgIpc) is 3.28. The quantitative estimate of drug-likeness (QED) is 0.272. The Kier molecular flexibility index (Phi) is 6.88. The van der Waals surface area contributed by atoms with Crippen LogP contribution in [-0.4, -0.2) is 54.0 Å². The molecule has 0 bridgehead atoms.